The van der Waals surface area contributed by atoms with Gasteiger partial charge in [0, 0.05) is 23.3 Å². The summed E-state index contributed by atoms with van der Waals surface area (Å²) in [5.74, 6) is 1.42. The molecule has 37 heavy (non-hydrogen) atoms. The van der Waals surface area contributed by atoms with E-state index in [1.807, 2.05) is 42.5 Å². The zero-order valence-corrected chi connectivity index (χ0v) is 20.9. The lowest BCUT2D eigenvalue weighted by atomic mass is 10.0. The molecular weight excluding hydrogens is 464 g/mol. The Kier molecular flexibility index (Phi) is 5.92. The molecule has 0 saturated heterocycles. The van der Waals surface area contributed by atoms with Gasteiger partial charge < -0.3 is 14.6 Å². The number of nitrogens with zero attached hydrogens (tertiary/aromatic N) is 5. The van der Waals surface area contributed by atoms with Gasteiger partial charge in [-0.2, -0.15) is 0 Å². The van der Waals surface area contributed by atoms with E-state index < -0.39 is 6.04 Å². The molecule has 6 rings (SSSR count). The second-order valence-electron chi connectivity index (χ2n) is 9.35. The number of rotatable bonds is 7. The first-order chi connectivity index (χ1) is 18.1. The first kappa shape index (κ1) is 23.0. The van der Waals surface area contributed by atoms with E-state index in [0.717, 1.165) is 47.3 Å². The summed E-state index contributed by atoms with van der Waals surface area (Å²) >= 11 is 0. The predicted octanol–water partition coefficient (Wildman–Crippen LogP) is 4.29. The Morgan fingerprint density at radius 1 is 1.03 bits per heavy atom. The number of aromatic amines is 1. The fourth-order valence-electron chi connectivity index (χ4n) is 5.20. The number of ether oxygens (including phenoxy) is 1. The Labute approximate surface area is 214 Å². The zero-order valence-electron chi connectivity index (χ0n) is 20.9. The average molecular weight is 493 g/mol. The summed E-state index contributed by atoms with van der Waals surface area (Å²) in [6.45, 7) is 3.38. The highest BCUT2D eigenvalue weighted by Crippen LogP contribution is 2.37. The maximum absolute atomic E-state index is 13.6. The van der Waals surface area contributed by atoms with Gasteiger partial charge in [-0.1, -0.05) is 43.3 Å². The van der Waals surface area contributed by atoms with E-state index in [4.69, 9.17) is 4.74 Å². The van der Waals surface area contributed by atoms with Gasteiger partial charge in [0.25, 0.3) is 5.56 Å². The molecule has 0 bridgehead atoms. The van der Waals surface area contributed by atoms with Crippen molar-refractivity contribution in [3.05, 3.63) is 111 Å². The number of benzene rings is 3. The van der Waals surface area contributed by atoms with Crippen molar-refractivity contribution in [1.82, 2.24) is 25.2 Å². The van der Waals surface area contributed by atoms with Crippen molar-refractivity contribution < 1.29 is 4.74 Å². The van der Waals surface area contributed by atoms with E-state index in [9.17, 15) is 4.79 Å². The lowest BCUT2D eigenvalue weighted by Crippen LogP contribution is -2.34. The van der Waals surface area contributed by atoms with Crippen LogP contribution < -0.4 is 15.2 Å². The number of H-pyrrole nitrogens is 1. The zero-order chi connectivity index (χ0) is 25.4. The molecule has 0 fully saturated rings. The number of pyridine rings is 1. The molecule has 0 spiro atoms. The Balaban J connectivity index is 1.49. The number of tetrazole rings is 1. The van der Waals surface area contributed by atoms with E-state index in [1.54, 1.807) is 11.8 Å². The summed E-state index contributed by atoms with van der Waals surface area (Å²) in [4.78, 5) is 18.9. The minimum Gasteiger partial charge on any atom is -0.497 e. The molecular formula is C29H28N6O2. The molecule has 1 atom stereocenters. The molecule has 3 heterocycles. The van der Waals surface area contributed by atoms with Crippen molar-refractivity contribution in [2.45, 2.75) is 32.4 Å². The van der Waals surface area contributed by atoms with Crippen molar-refractivity contribution in [1.29, 1.82) is 0 Å². The molecule has 8 nitrogen and oxygen atoms in total. The molecule has 5 aromatic rings. The number of anilines is 1. The topological polar surface area (TPSA) is 88.9 Å². The van der Waals surface area contributed by atoms with Crippen LogP contribution in [0.1, 0.15) is 41.0 Å². The molecule has 0 aliphatic carbocycles. The van der Waals surface area contributed by atoms with Crippen LogP contribution in [0.5, 0.6) is 5.75 Å². The van der Waals surface area contributed by atoms with Gasteiger partial charge in [-0.05, 0) is 81.7 Å². The third kappa shape index (κ3) is 4.24. The molecule has 186 valence electrons. The third-order valence-electron chi connectivity index (χ3n) is 7.17. The summed E-state index contributed by atoms with van der Waals surface area (Å²) in [6.07, 6.45) is 1.83. The number of hydrogen-bond donors (Lipinski definition) is 1. The summed E-state index contributed by atoms with van der Waals surface area (Å²) in [6, 6.07) is 23.9. The number of hydrogen-bond acceptors (Lipinski definition) is 6. The van der Waals surface area contributed by atoms with Crippen LogP contribution in [0.15, 0.2) is 77.6 Å². The van der Waals surface area contributed by atoms with Crippen molar-refractivity contribution in [2.24, 2.45) is 0 Å². The van der Waals surface area contributed by atoms with Gasteiger partial charge >= 0.3 is 0 Å². The van der Waals surface area contributed by atoms with Crippen LogP contribution in [0.3, 0.4) is 0 Å². The smallest absolute Gasteiger partial charge is 0.254 e. The molecule has 0 unspecified atom stereocenters. The highest BCUT2D eigenvalue weighted by molar-refractivity contribution is 5.80. The summed E-state index contributed by atoms with van der Waals surface area (Å²) in [5.41, 5.74) is 5.94. The van der Waals surface area contributed by atoms with Crippen molar-refractivity contribution in [3.8, 4) is 5.75 Å². The van der Waals surface area contributed by atoms with Crippen molar-refractivity contribution >= 4 is 16.6 Å². The third-order valence-corrected chi connectivity index (χ3v) is 7.17. The van der Waals surface area contributed by atoms with Crippen LogP contribution in [-0.2, 0) is 19.4 Å². The Hall–Kier alpha value is -4.46. The van der Waals surface area contributed by atoms with Crippen LogP contribution in [0.4, 0.5) is 5.69 Å². The standard InChI is InChI=1S/C29H28N6O2/c1-3-19-10-13-25-22(16-19)17-24(29(36)30-25)27(34-15-14-21-6-4-5-7-26(21)34)28-31-32-33-35(28)18-20-8-11-23(37-2)12-9-20/h4-13,16-17,27H,3,14-15,18H2,1-2H3,(H,30,36)/t27-/m0/s1. The van der Waals surface area contributed by atoms with Crippen LogP contribution in [0, 0.1) is 0 Å². The maximum Gasteiger partial charge on any atom is 0.254 e. The van der Waals surface area contributed by atoms with Gasteiger partial charge in [-0.25, -0.2) is 4.68 Å². The van der Waals surface area contributed by atoms with E-state index in [0.29, 0.717) is 17.9 Å². The minimum atomic E-state index is -0.449. The first-order valence-corrected chi connectivity index (χ1v) is 12.5. The molecule has 0 amide bonds. The molecule has 0 radical (unpaired) electrons. The highest BCUT2D eigenvalue weighted by Gasteiger charge is 2.34. The summed E-state index contributed by atoms with van der Waals surface area (Å²) < 4.78 is 7.09. The number of methoxy groups -OCH3 is 1. The van der Waals surface area contributed by atoms with Crippen LogP contribution >= 0.6 is 0 Å². The Bertz CT molecular complexity index is 1620. The molecule has 1 aliphatic heterocycles. The van der Waals surface area contributed by atoms with E-state index in [2.05, 4.69) is 62.7 Å². The molecule has 2 aromatic heterocycles. The number of nitrogens with one attached hydrogen (secondary N) is 1. The Morgan fingerprint density at radius 2 is 1.84 bits per heavy atom. The first-order valence-electron chi connectivity index (χ1n) is 12.5. The molecule has 0 saturated carbocycles. The molecule has 3 aromatic carbocycles. The predicted molar refractivity (Wildman–Crippen MR) is 143 cm³/mol. The largest absolute Gasteiger partial charge is 0.497 e. The monoisotopic (exact) mass is 492 g/mol. The lowest BCUT2D eigenvalue weighted by molar-refractivity contribution is 0.414. The second kappa shape index (κ2) is 9.54. The van der Waals surface area contributed by atoms with E-state index >= 15 is 0 Å². The molecule has 1 aliphatic rings. The fraction of sp³-hybridized carbons (Fsp3) is 0.241. The minimum absolute atomic E-state index is 0.134. The van der Waals surface area contributed by atoms with Crippen LogP contribution in [0.25, 0.3) is 10.9 Å². The molecule has 1 N–H and O–H groups in total. The number of fused-ring (bicyclic) bond motifs is 2. The van der Waals surface area contributed by atoms with Gasteiger partial charge in [0.1, 0.15) is 11.8 Å². The lowest BCUT2D eigenvalue weighted by Gasteiger charge is -2.29. The van der Waals surface area contributed by atoms with Gasteiger partial charge in [0.15, 0.2) is 5.82 Å². The van der Waals surface area contributed by atoms with Crippen LogP contribution in [0.2, 0.25) is 0 Å². The highest BCUT2D eigenvalue weighted by atomic mass is 16.5. The van der Waals surface area contributed by atoms with Gasteiger partial charge in [-0.15, -0.1) is 5.10 Å². The summed E-state index contributed by atoms with van der Waals surface area (Å²) in [7, 11) is 1.65. The number of para-hydroxylation sites is 1. The average Bonchev–Trinajstić information content (AvgIpc) is 3.57. The van der Waals surface area contributed by atoms with Gasteiger partial charge in [0.05, 0.1) is 13.7 Å². The van der Waals surface area contributed by atoms with E-state index in [-0.39, 0.29) is 5.56 Å². The normalized spacial score (nSPS) is 13.6. The molecule has 8 heteroatoms. The fourth-order valence-corrected chi connectivity index (χ4v) is 5.20. The number of aryl methyl sites for hydroxylation is 1. The maximum atomic E-state index is 13.6. The van der Waals surface area contributed by atoms with E-state index in [1.165, 1.54) is 11.1 Å². The quantitative estimate of drug-likeness (QED) is 0.365. The van der Waals surface area contributed by atoms with Gasteiger partial charge in [0.2, 0.25) is 0 Å². The SMILES string of the molecule is CCc1ccc2[nH]c(=O)c([C@@H](c3nnnn3Cc3ccc(OC)cc3)N3CCc4ccccc43)cc2c1. The van der Waals surface area contributed by atoms with Crippen molar-refractivity contribution in [3.63, 3.8) is 0 Å². The second-order valence-corrected chi connectivity index (χ2v) is 9.35. The summed E-state index contributed by atoms with van der Waals surface area (Å²) in [5, 5.41) is 13.9. The van der Waals surface area contributed by atoms with Gasteiger partial charge in [-0.3, -0.25) is 4.79 Å². The van der Waals surface area contributed by atoms with Crippen LogP contribution in [-0.4, -0.2) is 38.8 Å². The Morgan fingerprint density at radius 3 is 2.65 bits per heavy atom. The number of aromatic nitrogens is 5. The van der Waals surface area contributed by atoms with Crippen molar-refractivity contribution in [2.75, 3.05) is 18.6 Å².